The van der Waals surface area contributed by atoms with Crippen LogP contribution in [0, 0.1) is 11.8 Å². The third-order valence-corrected chi connectivity index (χ3v) is 7.78. The summed E-state index contributed by atoms with van der Waals surface area (Å²) >= 11 is 5.92. The van der Waals surface area contributed by atoms with E-state index in [0.29, 0.717) is 68.0 Å². The fourth-order valence-electron chi connectivity index (χ4n) is 5.36. The van der Waals surface area contributed by atoms with Gasteiger partial charge in [-0.2, -0.15) is 0 Å². The molecule has 11 nitrogen and oxygen atoms in total. The van der Waals surface area contributed by atoms with Gasteiger partial charge >= 0.3 is 0 Å². The van der Waals surface area contributed by atoms with Gasteiger partial charge < -0.3 is 29.6 Å². The third kappa shape index (κ3) is 6.20. The highest BCUT2D eigenvalue weighted by Gasteiger charge is 2.33. The van der Waals surface area contributed by atoms with Crippen LogP contribution >= 0.6 is 11.6 Å². The fraction of sp³-hybridized carbons (Fsp3) is 0.414. The highest BCUT2D eigenvalue weighted by Crippen LogP contribution is 2.37. The SMILES string of the molecule is CN(C)C(=O)C1CCC(C(=O)Nc2c(C(=O)Nc3ccc(Cl)cn3)oc3cccc(C(=O)N4CCOCC4)c23)CC1. The summed E-state index contributed by atoms with van der Waals surface area (Å²) in [4.78, 5) is 60.3. The number of pyridine rings is 1. The second-order valence-electron chi connectivity index (χ2n) is 10.5. The summed E-state index contributed by atoms with van der Waals surface area (Å²) in [5, 5.41) is 6.35. The Balaban J connectivity index is 1.47. The van der Waals surface area contributed by atoms with E-state index in [9.17, 15) is 19.2 Å². The number of anilines is 2. The molecule has 4 amide bonds. The number of nitrogens with zero attached hydrogens (tertiary/aromatic N) is 3. The van der Waals surface area contributed by atoms with Crippen molar-refractivity contribution in [2.45, 2.75) is 25.7 Å². The maximum absolute atomic E-state index is 13.6. The van der Waals surface area contributed by atoms with E-state index in [1.54, 1.807) is 54.2 Å². The molecule has 2 N–H and O–H groups in total. The molecule has 0 radical (unpaired) electrons. The number of hydrogen-bond donors (Lipinski definition) is 2. The second kappa shape index (κ2) is 12.3. The van der Waals surface area contributed by atoms with Gasteiger partial charge in [0, 0.05) is 45.2 Å². The number of nitrogens with one attached hydrogen (secondary N) is 2. The molecule has 41 heavy (non-hydrogen) atoms. The van der Waals surface area contributed by atoms with Gasteiger partial charge in [-0.3, -0.25) is 19.2 Å². The molecule has 3 aromatic rings. The predicted molar refractivity (Wildman–Crippen MR) is 153 cm³/mol. The monoisotopic (exact) mass is 581 g/mol. The van der Waals surface area contributed by atoms with E-state index in [4.69, 9.17) is 20.8 Å². The summed E-state index contributed by atoms with van der Waals surface area (Å²) in [5.74, 6) is -1.51. The van der Waals surface area contributed by atoms with E-state index in [1.807, 2.05) is 0 Å². The van der Waals surface area contributed by atoms with Crippen molar-refractivity contribution in [2.24, 2.45) is 11.8 Å². The number of aromatic nitrogens is 1. The van der Waals surface area contributed by atoms with Crippen LogP contribution in [0.4, 0.5) is 11.5 Å². The van der Waals surface area contributed by atoms with Gasteiger partial charge in [-0.1, -0.05) is 17.7 Å². The Morgan fingerprint density at radius 2 is 1.68 bits per heavy atom. The minimum atomic E-state index is -0.642. The summed E-state index contributed by atoms with van der Waals surface area (Å²) < 4.78 is 11.4. The van der Waals surface area contributed by atoms with Crippen molar-refractivity contribution < 1.29 is 28.3 Å². The number of furan rings is 1. The van der Waals surface area contributed by atoms with Crippen LogP contribution in [0.3, 0.4) is 0 Å². The van der Waals surface area contributed by atoms with Crippen LogP contribution in [0.1, 0.15) is 46.6 Å². The van der Waals surface area contributed by atoms with Crippen LogP contribution in [-0.2, 0) is 14.3 Å². The zero-order valence-electron chi connectivity index (χ0n) is 22.9. The largest absolute Gasteiger partial charge is 0.449 e. The summed E-state index contributed by atoms with van der Waals surface area (Å²) in [6, 6.07) is 8.11. The quantitative estimate of drug-likeness (QED) is 0.449. The number of ether oxygens (including phenoxy) is 1. The number of morpholine rings is 1. The molecule has 2 fully saturated rings. The lowest BCUT2D eigenvalue weighted by atomic mass is 9.81. The van der Waals surface area contributed by atoms with Crippen molar-refractivity contribution >= 4 is 57.7 Å². The summed E-state index contributed by atoms with van der Waals surface area (Å²) in [6.45, 7) is 1.72. The second-order valence-corrected chi connectivity index (χ2v) is 10.9. The Kier molecular flexibility index (Phi) is 8.55. The highest BCUT2D eigenvalue weighted by molar-refractivity contribution is 6.30. The van der Waals surface area contributed by atoms with E-state index in [0.717, 1.165) is 0 Å². The molecule has 2 aliphatic rings. The van der Waals surface area contributed by atoms with Gasteiger partial charge in [-0.25, -0.2) is 4.98 Å². The van der Waals surface area contributed by atoms with E-state index < -0.39 is 5.91 Å². The standard InChI is InChI=1S/C29H32ClN5O6/c1-34(2)28(38)18-8-6-17(7-9-18)26(36)33-24-23-20(29(39)35-12-14-40-15-13-35)4-3-5-21(23)41-25(24)27(37)32-22-11-10-19(30)16-31-22/h3-5,10-11,16-18H,6-9,12-15H2,1-2H3,(H,33,36)(H,31,32,37). The van der Waals surface area contributed by atoms with Gasteiger partial charge in [0.2, 0.25) is 17.6 Å². The van der Waals surface area contributed by atoms with Crippen molar-refractivity contribution in [3.63, 3.8) is 0 Å². The van der Waals surface area contributed by atoms with E-state index in [-0.39, 0.29) is 52.4 Å². The van der Waals surface area contributed by atoms with Gasteiger partial charge in [0.1, 0.15) is 17.1 Å². The van der Waals surface area contributed by atoms with E-state index in [2.05, 4.69) is 15.6 Å². The van der Waals surface area contributed by atoms with Crippen molar-refractivity contribution in [2.75, 3.05) is 51.0 Å². The van der Waals surface area contributed by atoms with Crippen molar-refractivity contribution in [3.05, 3.63) is 52.9 Å². The Morgan fingerprint density at radius 1 is 0.976 bits per heavy atom. The fourth-order valence-corrected chi connectivity index (χ4v) is 5.47. The first-order valence-corrected chi connectivity index (χ1v) is 14.0. The van der Waals surface area contributed by atoms with Crippen LogP contribution < -0.4 is 10.6 Å². The van der Waals surface area contributed by atoms with E-state index in [1.165, 1.54) is 6.20 Å². The molecule has 216 valence electrons. The molecule has 0 atom stereocenters. The molecule has 1 aliphatic heterocycles. The maximum Gasteiger partial charge on any atom is 0.294 e. The number of fused-ring (bicyclic) bond motifs is 1. The molecule has 1 saturated heterocycles. The maximum atomic E-state index is 13.6. The molecule has 1 aromatic carbocycles. The third-order valence-electron chi connectivity index (χ3n) is 7.56. The summed E-state index contributed by atoms with van der Waals surface area (Å²) in [5.41, 5.74) is 0.724. The average Bonchev–Trinajstić information content (AvgIpc) is 3.36. The molecule has 12 heteroatoms. The average molecular weight is 582 g/mol. The first-order valence-electron chi connectivity index (χ1n) is 13.6. The summed E-state index contributed by atoms with van der Waals surface area (Å²) in [7, 11) is 3.46. The number of hydrogen-bond acceptors (Lipinski definition) is 7. The lowest BCUT2D eigenvalue weighted by molar-refractivity contribution is -0.135. The van der Waals surface area contributed by atoms with Crippen LogP contribution in [0.2, 0.25) is 5.02 Å². The van der Waals surface area contributed by atoms with Crippen molar-refractivity contribution in [1.82, 2.24) is 14.8 Å². The molecule has 2 aromatic heterocycles. The number of carbonyl (C=O) groups is 4. The first kappa shape index (κ1) is 28.6. The molecule has 1 saturated carbocycles. The molecular formula is C29H32ClN5O6. The Bertz CT molecular complexity index is 1460. The zero-order valence-corrected chi connectivity index (χ0v) is 23.7. The molecular weight excluding hydrogens is 550 g/mol. The number of amides is 4. The van der Waals surface area contributed by atoms with Crippen molar-refractivity contribution in [1.29, 1.82) is 0 Å². The van der Waals surface area contributed by atoms with Crippen LogP contribution in [0.5, 0.6) is 0 Å². The minimum absolute atomic E-state index is 0.0609. The topological polar surface area (TPSA) is 134 Å². The van der Waals surface area contributed by atoms with Gasteiger partial charge in [-0.15, -0.1) is 0 Å². The van der Waals surface area contributed by atoms with Crippen LogP contribution in [0.15, 0.2) is 40.9 Å². The molecule has 1 aliphatic carbocycles. The normalized spacial score (nSPS) is 19.0. The van der Waals surface area contributed by atoms with Crippen LogP contribution in [-0.4, -0.2) is 78.8 Å². The Morgan fingerprint density at radius 3 is 2.34 bits per heavy atom. The van der Waals surface area contributed by atoms with E-state index >= 15 is 0 Å². The zero-order chi connectivity index (χ0) is 29.1. The number of rotatable bonds is 6. The molecule has 0 spiro atoms. The number of halogens is 1. The number of benzene rings is 1. The van der Waals surface area contributed by atoms with Crippen LogP contribution in [0.25, 0.3) is 11.0 Å². The first-order chi connectivity index (χ1) is 19.7. The highest BCUT2D eigenvalue weighted by atomic mass is 35.5. The smallest absolute Gasteiger partial charge is 0.294 e. The number of carbonyl (C=O) groups excluding carboxylic acids is 4. The Labute approximate surface area is 242 Å². The van der Waals surface area contributed by atoms with Gasteiger partial charge in [-0.05, 0) is 49.9 Å². The van der Waals surface area contributed by atoms with Gasteiger partial charge in [0.05, 0.1) is 29.2 Å². The predicted octanol–water partition coefficient (Wildman–Crippen LogP) is 4.04. The molecule has 0 bridgehead atoms. The van der Waals surface area contributed by atoms with Crippen molar-refractivity contribution in [3.8, 4) is 0 Å². The molecule has 3 heterocycles. The lowest BCUT2D eigenvalue weighted by Crippen LogP contribution is -2.40. The molecule has 0 unspecified atom stereocenters. The van der Waals surface area contributed by atoms with Gasteiger partial charge in [0.15, 0.2) is 0 Å². The summed E-state index contributed by atoms with van der Waals surface area (Å²) in [6.07, 6.45) is 3.65. The lowest BCUT2D eigenvalue weighted by Gasteiger charge is -2.29. The molecule has 5 rings (SSSR count). The van der Waals surface area contributed by atoms with Gasteiger partial charge in [0.25, 0.3) is 11.8 Å². The minimum Gasteiger partial charge on any atom is -0.449 e. The Hall–Kier alpha value is -3.96.